The van der Waals surface area contributed by atoms with Crippen molar-refractivity contribution in [1.82, 2.24) is 10.4 Å². The summed E-state index contributed by atoms with van der Waals surface area (Å²) in [6.07, 6.45) is 4.63. The number of nitrogens with one attached hydrogen (secondary N) is 1. The van der Waals surface area contributed by atoms with Gasteiger partial charge in [-0.1, -0.05) is 6.58 Å². The maximum Gasteiger partial charge on any atom is 0.118 e. The Kier molecular flexibility index (Phi) is 2.27. The monoisotopic (exact) mass is 180 g/mol. The first kappa shape index (κ1) is 8.63. The van der Waals surface area contributed by atoms with Crippen molar-refractivity contribution in [3.05, 3.63) is 24.1 Å². The minimum absolute atomic E-state index is 0.694. The summed E-state index contributed by atoms with van der Waals surface area (Å²) in [5, 5.41) is 2.25. The van der Waals surface area contributed by atoms with Gasteiger partial charge in [0.05, 0.1) is 6.61 Å². The van der Waals surface area contributed by atoms with E-state index in [0.29, 0.717) is 6.61 Å². The number of hydrogen-bond acceptors (Lipinski definition) is 3. The molecule has 1 saturated carbocycles. The lowest BCUT2D eigenvalue weighted by molar-refractivity contribution is 0.224. The first-order chi connectivity index (χ1) is 6.31. The third-order valence-corrected chi connectivity index (χ3v) is 2.41. The lowest BCUT2D eigenvalue weighted by Crippen LogP contribution is -2.32. The number of nitrogens with zero attached hydrogens (tertiary/aromatic N) is 1. The molecule has 1 aliphatic carbocycles. The van der Waals surface area contributed by atoms with Gasteiger partial charge in [0.25, 0.3) is 0 Å². The SMILES string of the molecule is C=C(OCC)C1=CNN(C2CC2)C1. The number of rotatable bonds is 4. The van der Waals surface area contributed by atoms with E-state index in [0.717, 1.165) is 18.3 Å². The summed E-state index contributed by atoms with van der Waals surface area (Å²) in [5.74, 6) is 0.804. The van der Waals surface area contributed by atoms with Crippen LogP contribution < -0.4 is 5.43 Å². The van der Waals surface area contributed by atoms with Gasteiger partial charge >= 0.3 is 0 Å². The Labute approximate surface area is 79.0 Å². The molecule has 0 amide bonds. The van der Waals surface area contributed by atoms with Crippen LogP contribution >= 0.6 is 0 Å². The third-order valence-electron chi connectivity index (χ3n) is 2.41. The van der Waals surface area contributed by atoms with Crippen LogP contribution in [0.5, 0.6) is 0 Å². The normalized spacial score (nSPS) is 22.4. The standard InChI is InChI=1S/C10H16N2O/c1-3-13-8(2)9-6-11-12(7-9)10-4-5-10/h6,10-11H,2-5,7H2,1H3. The van der Waals surface area contributed by atoms with Crippen LogP contribution in [0.2, 0.25) is 0 Å². The second kappa shape index (κ2) is 3.42. The molecule has 13 heavy (non-hydrogen) atoms. The van der Waals surface area contributed by atoms with Crippen molar-refractivity contribution in [2.75, 3.05) is 13.2 Å². The zero-order valence-corrected chi connectivity index (χ0v) is 8.05. The minimum Gasteiger partial charge on any atom is -0.494 e. The van der Waals surface area contributed by atoms with Crippen LogP contribution in [0.1, 0.15) is 19.8 Å². The van der Waals surface area contributed by atoms with E-state index in [1.807, 2.05) is 13.1 Å². The van der Waals surface area contributed by atoms with Gasteiger partial charge in [-0.3, -0.25) is 0 Å². The Morgan fingerprint density at radius 2 is 2.54 bits per heavy atom. The Morgan fingerprint density at radius 1 is 1.77 bits per heavy atom. The van der Waals surface area contributed by atoms with E-state index in [-0.39, 0.29) is 0 Å². The third kappa shape index (κ3) is 1.86. The van der Waals surface area contributed by atoms with E-state index in [1.54, 1.807) is 0 Å². The van der Waals surface area contributed by atoms with Gasteiger partial charge < -0.3 is 10.2 Å². The van der Waals surface area contributed by atoms with E-state index in [1.165, 1.54) is 18.4 Å². The van der Waals surface area contributed by atoms with E-state index < -0.39 is 0 Å². The highest BCUT2D eigenvalue weighted by Crippen LogP contribution is 2.28. The predicted molar refractivity (Wildman–Crippen MR) is 51.7 cm³/mol. The number of hydrazine groups is 1. The molecule has 0 aromatic heterocycles. The fourth-order valence-corrected chi connectivity index (χ4v) is 1.49. The molecule has 1 N–H and O–H groups in total. The molecule has 3 nitrogen and oxygen atoms in total. The van der Waals surface area contributed by atoms with Crippen LogP contribution in [0.4, 0.5) is 0 Å². The number of hydrogen-bond donors (Lipinski definition) is 1. The highest BCUT2D eigenvalue weighted by Gasteiger charge is 2.32. The Hall–Kier alpha value is -0.960. The van der Waals surface area contributed by atoms with Crippen molar-refractivity contribution >= 4 is 0 Å². The van der Waals surface area contributed by atoms with Crippen molar-refractivity contribution in [2.24, 2.45) is 0 Å². The molecule has 0 unspecified atom stereocenters. The molecule has 0 aromatic rings. The van der Waals surface area contributed by atoms with Gasteiger partial charge in [0, 0.05) is 24.4 Å². The molecule has 0 saturated heterocycles. The molecule has 0 aromatic carbocycles. The molecule has 0 atom stereocenters. The fraction of sp³-hybridized carbons (Fsp3) is 0.600. The summed E-state index contributed by atoms with van der Waals surface area (Å²) in [6.45, 7) is 7.49. The average Bonchev–Trinajstić information content (AvgIpc) is 2.84. The lowest BCUT2D eigenvalue weighted by atomic mass is 10.2. The van der Waals surface area contributed by atoms with Crippen LogP contribution in [0, 0.1) is 0 Å². The fourth-order valence-electron chi connectivity index (χ4n) is 1.49. The number of ether oxygens (including phenoxy) is 1. The van der Waals surface area contributed by atoms with Crippen molar-refractivity contribution < 1.29 is 4.74 Å². The van der Waals surface area contributed by atoms with E-state index in [4.69, 9.17) is 4.74 Å². The first-order valence-corrected chi connectivity index (χ1v) is 4.85. The van der Waals surface area contributed by atoms with E-state index in [2.05, 4.69) is 17.0 Å². The molecular formula is C10H16N2O. The molecule has 1 heterocycles. The summed E-state index contributed by atoms with van der Waals surface area (Å²) in [7, 11) is 0. The van der Waals surface area contributed by atoms with Gasteiger partial charge in [-0.2, -0.15) is 0 Å². The molecule has 0 bridgehead atoms. The highest BCUT2D eigenvalue weighted by molar-refractivity contribution is 5.27. The van der Waals surface area contributed by atoms with Gasteiger partial charge in [-0.15, -0.1) is 0 Å². The summed E-state index contributed by atoms with van der Waals surface area (Å²) in [5.41, 5.74) is 4.41. The summed E-state index contributed by atoms with van der Waals surface area (Å²) in [6, 6.07) is 0.739. The zero-order valence-electron chi connectivity index (χ0n) is 8.05. The van der Waals surface area contributed by atoms with Gasteiger partial charge in [0.15, 0.2) is 0 Å². The Morgan fingerprint density at radius 3 is 3.15 bits per heavy atom. The minimum atomic E-state index is 0.694. The van der Waals surface area contributed by atoms with Crippen LogP contribution in [-0.2, 0) is 4.74 Å². The maximum atomic E-state index is 5.34. The van der Waals surface area contributed by atoms with Crippen molar-refractivity contribution in [2.45, 2.75) is 25.8 Å². The first-order valence-electron chi connectivity index (χ1n) is 4.85. The molecule has 0 spiro atoms. The Bertz CT molecular complexity index is 243. The van der Waals surface area contributed by atoms with Crippen molar-refractivity contribution in [3.63, 3.8) is 0 Å². The predicted octanol–water partition coefficient (Wildman–Crippen LogP) is 1.40. The molecular weight excluding hydrogens is 164 g/mol. The molecule has 72 valence electrons. The second-order valence-electron chi connectivity index (χ2n) is 3.51. The highest BCUT2D eigenvalue weighted by atomic mass is 16.5. The van der Waals surface area contributed by atoms with Crippen molar-refractivity contribution in [3.8, 4) is 0 Å². The van der Waals surface area contributed by atoms with Gasteiger partial charge in [0.2, 0.25) is 0 Å². The maximum absolute atomic E-state index is 5.34. The van der Waals surface area contributed by atoms with Gasteiger partial charge in [0.1, 0.15) is 5.76 Å². The molecule has 3 heteroatoms. The second-order valence-corrected chi connectivity index (χ2v) is 3.51. The van der Waals surface area contributed by atoms with Gasteiger partial charge in [-0.05, 0) is 19.8 Å². The van der Waals surface area contributed by atoms with Gasteiger partial charge in [-0.25, -0.2) is 5.01 Å². The molecule has 2 rings (SSSR count). The van der Waals surface area contributed by atoms with E-state index >= 15 is 0 Å². The smallest absolute Gasteiger partial charge is 0.118 e. The quantitative estimate of drug-likeness (QED) is 0.662. The van der Waals surface area contributed by atoms with Crippen LogP contribution in [0.3, 0.4) is 0 Å². The summed E-state index contributed by atoms with van der Waals surface area (Å²) in [4.78, 5) is 0. The molecule has 2 aliphatic rings. The summed E-state index contributed by atoms with van der Waals surface area (Å²) >= 11 is 0. The van der Waals surface area contributed by atoms with Crippen LogP contribution in [0.15, 0.2) is 24.1 Å². The zero-order chi connectivity index (χ0) is 9.26. The summed E-state index contributed by atoms with van der Waals surface area (Å²) < 4.78 is 5.34. The molecule has 1 aliphatic heterocycles. The van der Waals surface area contributed by atoms with Crippen LogP contribution in [0.25, 0.3) is 0 Å². The lowest BCUT2D eigenvalue weighted by Gasteiger charge is -2.15. The van der Waals surface area contributed by atoms with E-state index in [9.17, 15) is 0 Å². The average molecular weight is 180 g/mol. The van der Waals surface area contributed by atoms with Crippen molar-refractivity contribution in [1.29, 1.82) is 0 Å². The topological polar surface area (TPSA) is 24.5 Å². The Balaban J connectivity index is 1.84. The largest absolute Gasteiger partial charge is 0.494 e. The van der Waals surface area contributed by atoms with Crippen LogP contribution in [-0.4, -0.2) is 24.2 Å². The molecule has 1 fully saturated rings. The molecule has 0 radical (unpaired) electrons.